The summed E-state index contributed by atoms with van der Waals surface area (Å²) in [5.41, 5.74) is 7.10. The van der Waals surface area contributed by atoms with Gasteiger partial charge in [-0.25, -0.2) is 14.1 Å². The van der Waals surface area contributed by atoms with Gasteiger partial charge < -0.3 is 36.1 Å². The first-order valence-electron chi connectivity index (χ1n) is 16.8. The van der Waals surface area contributed by atoms with Crippen LogP contribution in [-0.2, 0) is 27.5 Å². The average molecular weight is 695 g/mol. The lowest BCUT2D eigenvalue weighted by atomic mass is 10.1. The minimum Gasteiger partial charge on any atom is -0.493 e. The number of nitrogens with zero attached hydrogens (tertiary/aromatic N) is 4. The summed E-state index contributed by atoms with van der Waals surface area (Å²) in [6, 6.07) is 7.64. The van der Waals surface area contributed by atoms with Crippen molar-refractivity contribution in [3.8, 4) is 17.2 Å². The first-order chi connectivity index (χ1) is 23.9. The maximum Gasteiger partial charge on any atom is 0.251 e. The zero-order chi connectivity index (χ0) is 36.4. The number of fused-ring (bicyclic) bond motifs is 16. The van der Waals surface area contributed by atoms with Crippen molar-refractivity contribution in [2.24, 2.45) is 11.7 Å². The number of aryl methyl sites for hydroxylation is 1. The number of methoxy groups -OCH3 is 1. The van der Waals surface area contributed by atoms with Crippen LogP contribution in [0.1, 0.15) is 80.1 Å². The molecule has 0 spiro atoms. The third-order valence-corrected chi connectivity index (χ3v) is 8.35. The van der Waals surface area contributed by atoms with E-state index in [1.165, 1.54) is 30.0 Å². The van der Waals surface area contributed by atoms with E-state index in [2.05, 4.69) is 26.0 Å². The van der Waals surface area contributed by atoms with Crippen molar-refractivity contribution in [2.75, 3.05) is 26.7 Å². The zero-order valence-electron chi connectivity index (χ0n) is 29.3. The van der Waals surface area contributed by atoms with Crippen molar-refractivity contribution >= 4 is 23.6 Å². The highest BCUT2D eigenvalue weighted by molar-refractivity contribution is 5.95. The molecule has 5 rings (SSSR count). The molecule has 0 saturated heterocycles. The van der Waals surface area contributed by atoms with Gasteiger partial charge in [-0.05, 0) is 68.0 Å². The van der Waals surface area contributed by atoms with Crippen LogP contribution in [0.2, 0.25) is 0 Å². The Labute approximate surface area is 291 Å². The number of rotatable bonds is 6. The molecule has 15 heteroatoms. The number of hydrogen-bond donors (Lipinski definition) is 4. The lowest BCUT2D eigenvalue weighted by Gasteiger charge is -2.24. The first kappa shape index (κ1) is 37.8. The third kappa shape index (κ3) is 10.00. The normalized spacial score (nSPS) is 17.4. The van der Waals surface area contributed by atoms with Crippen LogP contribution in [0.5, 0.6) is 17.2 Å². The summed E-state index contributed by atoms with van der Waals surface area (Å²) in [5.74, 6) is -0.648. The Bertz CT molecular complexity index is 1680. The molecule has 3 heterocycles. The minimum absolute atomic E-state index is 0.0214. The molecule has 2 aromatic carbocycles. The summed E-state index contributed by atoms with van der Waals surface area (Å²) >= 11 is 0. The summed E-state index contributed by atoms with van der Waals surface area (Å²) in [6.07, 6.45) is 1.15. The zero-order valence-corrected chi connectivity index (χ0v) is 29.3. The molecule has 0 radical (unpaired) electrons. The summed E-state index contributed by atoms with van der Waals surface area (Å²) in [6.45, 7) is 8.14. The molecule has 2 atom stereocenters. The minimum atomic E-state index is -0.795. The Balaban J connectivity index is 1.56. The van der Waals surface area contributed by atoms with E-state index >= 15 is 4.39 Å². The van der Waals surface area contributed by atoms with Gasteiger partial charge in [-0.15, -0.1) is 0 Å². The predicted octanol–water partition coefficient (Wildman–Crippen LogP) is 3.14. The number of ether oxygens (including phenoxy) is 2. The molecule has 50 heavy (non-hydrogen) atoms. The first-order valence-corrected chi connectivity index (χ1v) is 16.8. The van der Waals surface area contributed by atoms with E-state index < -0.39 is 29.7 Å². The summed E-state index contributed by atoms with van der Waals surface area (Å²) in [5, 5.41) is 12.8. The van der Waals surface area contributed by atoms with Crippen molar-refractivity contribution in [1.82, 2.24) is 35.6 Å². The van der Waals surface area contributed by atoms with Gasteiger partial charge in [-0.2, -0.15) is 5.10 Å². The summed E-state index contributed by atoms with van der Waals surface area (Å²) in [4.78, 5) is 58.6. The van der Waals surface area contributed by atoms with Crippen LogP contribution in [-0.4, -0.2) is 76.1 Å². The van der Waals surface area contributed by atoms with E-state index in [4.69, 9.17) is 15.2 Å². The van der Waals surface area contributed by atoms with E-state index in [0.717, 1.165) is 0 Å². The van der Waals surface area contributed by atoms with Crippen LogP contribution in [0.25, 0.3) is 0 Å². The Kier molecular flexibility index (Phi) is 13.3. The van der Waals surface area contributed by atoms with Gasteiger partial charge in [0.05, 0.1) is 13.2 Å². The molecule has 0 unspecified atom stereocenters. The molecule has 3 aromatic rings. The quantitative estimate of drug-likeness (QED) is 0.301. The lowest BCUT2D eigenvalue weighted by molar-refractivity contribution is -0.133. The Morgan fingerprint density at radius 1 is 1.10 bits per heavy atom. The lowest BCUT2D eigenvalue weighted by Crippen LogP contribution is -2.46. The van der Waals surface area contributed by atoms with Crippen molar-refractivity contribution in [3.05, 3.63) is 65.0 Å². The van der Waals surface area contributed by atoms with E-state index in [-0.39, 0.29) is 73.9 Å². The second-order valence-electron chi connectivity index (χ2n) is 12.5. The number of carbonyl (C=O) groups excluding carboxylic acids is 4. The highest BCUT2D eigenvalue weighted by Crippen LogP contribution is 2.34. The molecule has 0 fully saturated rings. The van der Waals surface area contributed by atoms with Gasteiger partial charge in [0.15, 0.2) is 23.1 Å². The molecule has 1 aromatic heterocycles. The maximum atomic E-state index is 15.1. The number of carbonyl (C=O) groups is 4. The molecule has 2 aliphatic rings. The monoisotopic (exact) mass is 694 g/mol. The average Bonchev–Trinajstić information content (AvgIpc) is 3.46. The smallest absolute Gasteiger partial charge is 0.251 e. The number of halogens is 1. The second-order valence-corrected chi connectivity index (χ2v) is 12.5. The van der Waals surface area contributed by atoms with Gasteiger partial charge in [0, 0.05) is 38.2 Å². The SMILES string of the molecule is CC[C@@H]1NC(=O)CCCN(C(=O)Cn2nc(C)nc2[C@@H](N)C(C)C)CCCNC(=O)c2ccc(OC)c(c2)Oc2ccc(cc2F)CNC1=O. The topological polar surface area (TPSA) is 183 Å². The number of amides is 4. The summed E-state index contributed by atoms with van der Waals surface area (Å²) < 4.78 is 27.8. The van der Waals surface area contributed by atoms with Gasteiger partial charge >= 0.3 is 0 Å². The highest BCUT2D eigenvalue weighted by Gasteiger charge is 2.24. The van der Waals surface area contributed by atoms with Crippen LogP contribution >= 0.6 is 0 Å². The van der Waals surface area contributed by atoms with Gasteiger partial charge in [-0.3, -0.25) is 19.2 Å². The van der Waals surface area contributed by atoms with Crippen molar-refractivity contribution in [1.29, 1.82) is 0 Å². The second kappa shape index (κ2) is 17.6. The van der Waals surface area contributed by atoms with Crippen LogP contribution < -0.4 is 31.2 Å². The maximum absolute atomic E-state index is 15.1. The van der Waals surface area contributed by atoms with Crippen LogP contribution in [0.4, 0.5) is 4.39 Å². The van der Waals surface area contributed by atoms with E-state index in [1.807, 2.05) is 13.8 Å². The van der Waals surface area contributed by atoms with Gasteiger partial charge in [0.1, 0.15) is 24.2 Å². The molecule has 270 valence electrons. The van der Waals surface area contributed by atoms with E-state index in [9.17, 15) is 19.2 Å². The van der Waals surface area contributed by atoms with Gasteiger partial charge in [-0.1, -0.05) is 26.8 Å². The van der Waals surface area contributed by atoms with Gasteiger partial charge in [0.25, 0.3) is 5.91 Å². The fourth-order valence-electron chi connectivity index (χ4n) is 5.41. The molecule has 4 amide bonds. The summed E-state index contributed by atoms with van der Waals surface area (Å²) in [7, 11) is 1.43. The number of nitrogens with two attached hydrogens (primary N) is 1. The predicted molar refractivity (Wildman–Crippen MR) is 183 cm³/mol. The molecular weight excluding hydrogens is 647 g/mol. The third-order valence-electron chi connectivity index (χ3n) is 8.35. The molecule has 0 saturated carbocycles. The van der Waals surface area contributed by atoms with Crippen LogP contribution in [0, 0.1) is 18.7 Å². The molecule has 14 nitrogen and oxygen atoms in total. The van der Waals surface area contributed by atoms with E-state index in [1.54, 1.807) is 36.9 Å². The molecule has 2 aliphatic heterocycles. The van der Waals surface area contributed by atoms with Crippen molar-refractivity contribution in [2.45, 2.75) is 78.6 Å². The van der Waals surface area contributed by atoms with E-state index in [0.29, 0.717) is 42.2 Å². The standard InChI is InChI=1S/C35H47FN8O6/c1-6-26-35(48)39-19-23-10-12-27(25(36)17-23)50-29-18-24(11-13-28(29)49-5)34(47)38-14-8-16-43(15-7-9-30(45)41-26)31(46)20-44-33(32(37)21(2)3)40-22(4)42-44/h10-13,17-18,21,26,32H,6-9,14-16,19-20,37H2,1-5H3,(H,38,47)(H,39,48)(H,41,45)/t26-,32-/m0/s1. The van der Waals surface area contributed by atoms with Crippen LogP contribution in [0.15, 0.2) is 36.4 Å². The largest absolute Gasteiger partial charge is 0.493 e. The number of aromatic nitrogens is 3. The highest BCUT2D eigenvalue weighted by atomic mass is 19.1. The molecule has 5 N–H and O–H groups in total. The molecule has 4 bridgehead atoms. The number of nitrogens with one attached hydrogen (secondary N) is 3. The molecular formula is C35H47FN8O6. The Morgan fingerprint density at radius 2 is 1.86 bits per heavy atom. The Hall–Kier alpha value is -5.05. The number of benzene rings is 2. The number of hydrogen-bond acceptors (Lipinski definition) is 9. The Morgan fingerprint density at radius 3 is 2.56 bits per heavy atom. The van der Waals surface area contributed by atoms with Crippen LogP contribution in [0.3, 0.4) is 0 Å². The fraction of sp³-hybridized carbons (Fsp3) is 0.486. The fourth-order valence-corrected chi connectivity index (χ4v) is 5.41. The van der Waals surface area contributed by atoms with Gasteiger partial charge in [0.2, 0.25) is 17.7 Å². The van der Waals surface area contributed by atoms with Crippen molar-refractivity contribution in [3.63, 3.8) is 0 Å². The van der Waals surface area contributed by atoms with Crippen molar-refractivity contribution < 1.29 is 33.0 Å². The molecule has 0 aliphatic carbocycles.